The van der Waals surface area contributed by atoms with Gasteiger partial charge in [0.25, 0.3) is 11.6 Å². The van der Waals surface area contributed by atoms with E-state index in [9.17, 15) is 19.7 Å². The second-order valence-corrected chi connectivity index (χ2v) is 8.43. The highest BCUT2D eigenvalue weighted by molar-refractivity contribution is 8.00. The zero-order chi connectivity index (χ0) is 23.9. The first-order chi connectivity index (χ1) is 16.5. The standard InChI is InChI=1S/C24H22N4O5S/c29-23(26-14-19-4-3-13-33-19)16-34-22-15-27(21-6-2-1-5-20(21)22)12-11-25-24(30)17-7-9-18(10-8-17)28(31)32/h1-10,13,15H,11-12,14,16H2,(H,25,30)(H,26,29). The van der Waals surface area contributed by atoms with Crippen LogP contribution in [0.1, 0.15) is 16.1 Å². The summed E-state index contributed by atoms with van der Waals surface area (Å²) in [5.74, 6) is 0.583. The number of amides is 2. The monoisotopic (exact) mass is 478 g/mol. The fourth-order valence-corrected chi connectivity index (χ4v) is 4.35. The van der Waals surface area contributed by atoms with Crippen LogP contribution in [0.5, 0.6) is 0 Å². The molecule has 2 heterocycles. The molecular weight excluding hydrogens is 456 g/mol. The van der Waals surface area contributed by atoms with Crippen LogP contribution in [-0.2, 0) is 17.9 Å². The highest BCUT2D eigenvalue weighted by atomic mass is 32.2. The van der Waals surface area contributed by atoms with Crippen LogP contribution >= 0.6 is 11.8 Å². The molecule has 2 aromatic heterocycles. The second kappa shape index (κ2) is 10.7. The highest BCUT2D eigenvalue weighted by Crippen LogP contribution is 2.29. The predicted octanol–water partition coefficient (Wildman–Crippen LogP) is 3.98. The molecule has 0 aliphatic carbocycles. The topological polar surface area (TPSA) is 119 Å². The van der Waals surface area contributed by atoms with Gasteiger partial charge in [0.15, 0.2) is 0 Å². The number of benzene rings is 2. The summed E-state index contributed by atoms with van der Waals surface area (Å²) in [6.45, 7) is 1.26. The van der Waals surface area contributed by atoms with Crippen molar-refractivity contribution in [3.05, 3.63) is 94.6 Å². The van der Waals surface area contributed by atoms with Crippen molar-refractivity contribution in [1.29, 1.82) is 0 Å². The molecule has 4 aromatic rings. The number of rotatable bonds is 10. The maximum absolute atomic E-state index is 12.4. The maximum atomic E-state index is 12.4. The van der Waals surface area contributed by atoms with Crippen molar-refractivity contribution in [2.24, 2.45) is 0 Å². The summed E-state index contributed by atoms with van der Waals surface area (Å²) in [6, 6.07) is 17.0. The molecule has 0 saturated carbocycles. The summed E-state index contributed by atoms with van der Waals surface area (Å²) in [6.07, 6.45) is 3.55. The Kier molecular flexibility index (Phi) is 7.28. The highest BCUT2D eigenvalue weighted by Gasteiger charge is 2.12. The van der Waals surface area contributed by atoms with Gasteiger partial charge in [-0.3, -0.25) is 19.7 Å². The fourth-order valence-electron chi connectivity index (χ4n) is 3.43. The number of para-hydroxylation sites is 1. The number of carbonyl (C=O) groups excluding carboxylic acids is 2. The number of nitrogens with one attached hydrogen (secondary N) is 2. The fraction of sp³-hybridized carbons (Fsp3) is 0.167. The van der Waals surface area contributed by atoms with E-state index in [0.717, 1.165) is 15.8 Å². The number of hydrogen-bond acceptors (Lipinski definition) is 6. The van der Waals surface area contributed by atoms with E-state index in [-0.39, 0.29) is 23.3 Å². The quantitative estimate of drug-likeness (QED) is 0.202. The number of non-ortho nitro benzene ring substituents is 1. The summed E-state index contributed by atoms with van der Waals surface area (Å²) in [5.41, 5.74) is 1.31. The van der Waals surface area contributed by atoms with Gasteiger partial charge in [-0.05, 0) is 30.3 Å². The normalized spacial score (nSPS) is 10.8. The third-order valence-electron chi connectivity index (χ3n) is 5.13. The lowest BCUT2D eigenvalue weighted by Gasteiger charge is -2.07. The Labute approximate surface area is 199 Å². The first-order valence-electron chi connectivity index (χ1n) is 10.5. The number of nitro groups is 1. The molecule has 34 heavy (non-hydrogen) atoms. The molecule has 0 unspecified atom stereocenters. The molecule has 9 nitrogen and oxygen atoms in total. The van der Waals surface area contributed by atoms with Crippen molar-refractivity contribution in [2.75, 3.05) is 12.3 Å². The van der Waals surface area contributed by atoms with Crippen LogP contribution in [0.3, 0.4) is 0 Å². The summed E-state index contributed by atoms with van der Waals surface area (Å²) in [5, 5.41) is 17.5. The lowest BCUT2D eigenvalue weighted by molar-refractivity contribution is -0.384. The molecule has 0 spiro atoms. The van der Waals surface area contributed by atoms with E-state index in [1.54, 1.807) is 18.4 Å². The number of furan rings is 1. The van der Waals surface area contributed by atoms with E-state index < -0.39 is 4.92 Å². The molecular formula is C24H22N4O5S. The van der Waals surface area contributed by atoms with Gasteiger partial charge >= 0.3 is 0 Å². The second-order valence-electron chi connectivity index (χ2n) is 7.41. The minimum Gasteiger partial charge on any atom is -0.467 e. The first-order valence-corrected chi connectivity index (χ1v) is 11.5. The lowest BCUT2D eigenvalue weighted by atomic mass is 10.2. The number of carbonyl (C=O) groups is 2. The molecule has 2 aromatic carbocycles. The lowest BCUT2D eigenvalue weighted by Crippen LogP contribution is -2.27. The Balaban J connectivity index is 1.34. The van der Waals surface area contributed by atoms with E-state index in [1.807, 2.05) is 35.0 Å². The van der Waals surface area contributed by atoms with Crippen molar-refractivity contribution in [2.45, 2.75) is 18.0 Å². The third kappa shape index (κ3) is 5.65. The zero-order valence-corrected chi connectivity index (χ0v) is 18.9. The largest absolute Gasteiger partial charge is 0.467 e. The molecule has 0 bridgehead atoms. The van der Waals surface area contributed by atoms with Crippen molar-refractivity contribution in [3.63, 3.8) is 0 Å². The Morgan fingerprint density at radius 3 is 2.56 bits per heavy atom. The Bertz CT molecular complexity index is 1300. The summed E-state index contributed by atoms with van der Waals surface area (Å²) in [4.78, 5) is 35.8. The predicted molar refractivity (Wildman–Crippen MR) is 129 cm³/mol. The summed E-state index contributed by atoms with van der Waals surface area (Å²) >= 11 is 1.45. The number of nitrogens with zero attached hydrogens (tertiary/aromatic N) is 2. The average Bonchev–Trinajstić information content (AvgIpc) is 3.50. The molecule has 174 valence electrons. The van der Waals surface area contributed by atoms with Crippen LogP contribution in [0, 0.1) is 10.1 Å². The molecule has 0 aliphatic heterocycles. The van der Waals surface area contributed by atoms with Gasteiger partial charge in [0.05, 0.1) is 23.5 Å². The van der Waals surface area contributed by atoms with E-state index in [2.05, 4.69) is 10.6 Å². The summed E-state index contributed by atoms with van der Waals surface area (Å²) < 4.78 is 7.26. The minimum atomic E-state index is -0.503. The number of hydrogen-bond donors (Lipinski definition) is 2. The van der Waals surface area contributed by atoms with Gasteiger partial charge in [-0.1, -0.05) is 18.2 Å². The minimum absolute atomic E-state index is 0.0602. The van der Waals surface area contributed by atoms with Gasteiger partial charge in [0, 0.05) is 52.8 Å². The van der Waals surface area contributed by atoms with Gasteiger partial charge in [0.2, 0.25) is 5.91 Å². The Morgan fingerprint density at radius 1 is 1.03 bits per heavy atom. The van der Waals surface area contributed by atoms with Crippen LogP contribution in [0.15, 0.2) is 82.4 Å². The summed E-state index contributed by atoms with van der Waals surface area (Å²) in [7, 11) is 0. The van der Waals surface area contributed by atoms with E-state index in [1.165, 1.54) is 36.0 Å². The Hall–Kier alpha value is -4.05. The zero-order valence-electron chi connectivity index (χ0n) is 18.1. The molecule has 10 heteroatoms. The SMILES string of the molecule is O=C(CSc1cn(CCNC(=O)c2ccc([N+](=O)[O-])cc2)c2ccccc12)NCc1ccco1. The maximum Gasteiger partial charge on any atom is 0.269 e. The molecule has 0 aliphatic rings. The molecule has 0 radical (unpaired) electrons. The number of thioether (sulfide) groups is 1. The van der Waals surface area contributed by atoms with E-state index >= 15 is 0 Å². The molecule has 0 fully saturated rings. The molecule has 2 N–H and O–H groups in total. The smallest absolute Gasteiger partial charge is 0.269 e. The van der Waals surface area contributed by atoms with Crippen LogP contribution in [0.4, 0.5) is 5.69 Å². The molecule has 2 amide bonds. The number of fused-ring (bicyclic) bond motifs is 1. The van der Waals surface area contributed by atoms with Gasteiger partial charge < -0.3 is 19.6 Å². The van der Waals surface area contributed by atoms with Crippen molar-refractivity contribution >= 4 is 40.2 Å². The van der Waals surface area contributed by atoms with E-state index in [0.29, 0.717) is 31.0 Å². The van der Waals surface area contributed by atoms with Gasteiger partial charge in [-0.25, -0.2) is 0 Å². The van der Waals surface area contributed by atoms with Gasteiger partial charge in [-0.2, -0.15) is 0 Å². The molecule has 0 atom stereocenters. The Morgan fingerprint density at radius 2 is 1.82 bits per heavy atom. The molecule has 4 rings (SSSR count). The van der Waals surface area contributed by atoms with Gasteiger partial charge in [0.1, 0.15) is 5.76 Å². The van der Waals surface area contributed by atoms with Crippen LogP contribution in [0.25, 0.3) is 10.9 Å². The van der Waals surface area contributed by atoms with E-state index in [4.69, 9.17) is 4.42 Å². The molecule has 0 saturated heterocycles. The van der Waals surface area contributed by atoms with Gasteiger partial charge in [-0.15, -0.1) is 11.8 Å². The van der Waals surface area contributed by atoms with Crippen molar-refractivity contribution in [1.82, 2.24) is 15.2 Å². The van der Waals surface area contributed by atoms with Crippen molar-refractivity contribution in [3.8, 4) is 0 Å². The van der Waals surface area contributed by atoms with Crippen LogP contribution in [-0.4, -0.2) is 33.6 Å². The first kappa shape index (κ1) is 23.1. The number of aromatic nitrogens is 1. The number of nitro benzene ring substituents is 1. The average molecular weight is 479 g/mol. The van der Waals surface area contributed by atoms with Crippen LogP contribution in [0.2, 0.25) is 0 Å². The third-order valence-corrected chi connectivity index (χ3v) is 6.17. The van der Waals surface area contributed by atoms with Crippen LogP contribution < -0.4 is 10.6 Å². The van der Waals surface area contributed by atoms with Crippen molar-refractivity contribution < 1.29 is 18.9 Å².